The first kappa shape index (κ1) is 23.2. The van der Waals surface area contributed by atoms with Gasteiger partial charge in [-0.2, -0.15) is 13.2 Å². The lowest BCUT2D eigenvalue weighted by molar-refractivity contribution is -0.183. The SMILES string of the molecule is CCNC(=NCCN1CCN(C(=O)C2CCC2)CC1)NC1CCCC(C(F)(F)F)C1. The lowest BCUT2D eigenvalue weighted by Gasteiger charge is -2.38. The van der Waals surface area contributed by atoms with Crippen molar-refractivity contribution >= 4 is 11.9 Å². The van der Waals surface area contributed by atoms with Crippen LogP contribution in [0.2, 0.25) is 0 Å². The van der Waals surface area contributed by atoms with Gasteiger partial charge in [-0.1, -0.05) is 12.8 Å². The van der Waals surface area contributed by atoms with E-state index in [1.165, 1.54) is 6.42 Å². The van der Waals surface area contributed by atoms with Gasteiger partial charge in [-0.25, -0.2) is 0 Å². The van der Waals surface area contributed by atoms with Crippen LogP contribution in [0.3, 0.4) is 0 Å². The van der Waals surface area contributed by atoms with Gasteiger partial charge in [0.15, 0.2) is 5.96 Å². The largest absolute Gasteiger partial charge is 0.391 e. The summed E-state index contributed by atoms with van der Waals surface area (Å²) in [6.45, 7) is 7.26. The zero-order valence-electron chi connectivity index (χ0n) is 18.0. The van der Waals surface area contributed by atoms with Crippen LogP contribution in [0.5, 0.6) is 0 Å². The highest BCUT2D eigenvalue weighted by molar-refractivity contribution is 5.80. The summed E-state index contributed by atoms with van der Waals surface area (Å²) >= 11 is 0. The summed E-state index contributed by atoms with van der Waals surface area (Å²) in [5, 5.41) is 6.37. The summed E-state index contributed by atoms with van der Waals surface area (Å²) in [6, 6.07) is -0.191. The summed E-state index contributed by atoms with van der Waals surface area (Å²) in [4.78, 5) is 21.2. The van der Waals surface area contributed by atoms with E-state index in [0.717, 1.165) is 52.0 Å². The van der Waals surface area contributed by atoms with Crippen LogP contribution in [-0.2, 0) is 4.79 Å². The summed E-state index contributed by atoms with van der Waals surface area (Å²) in [5.74, 6) is -0.0384. The molecule has 3 fully saturated rings. The molecule has 2 atom stereocenters. The first-order chi connectivity index (χ1) is 14.4. The fraction of sp³-hybridized carbons (Fsp3) is 0.905. The van der Waals surface area contributed by atoms with Crippen molar-refractivity contribution in [1.82, 2.24) is 20.4 Å². The van der Waals surface area contributed by atoms with E-state index in [-0.39, 0.29) is 24.8 Å². The first-order valence-electron chi connectivity index (χ1n) is 11.5. The Hall–Kier alpha value is -1.51. The highest BCUT2D eigenvalue weighted by Gasteiger charge is 2.42. The molecule has 1 aliphatic heterocycles. The van der Waals surface area contributed by atoms with Gasteiger partial charge in [-0.05, 0) is 39.0 Å². The zero-order valence-corrected chi connectivity index (χ0v) is 18.0. The molecule has 3 rings (SSSR count). The average Bonchev–Trinajstić information content (AvgIpc) is 2.67. The predicted molar refractivity (Wildman–Crippen MR) is 111 cm³/mol. The van der Waals surface area contributed by atoms with Crippen LogP contribution in [0, 0.1) is 11.8 Å². The lowest BCUT2D eigenvalue weighted by atomic mass is 9.84. The van der Waals surface area contributed by atoms with Crippen molar-refractivity contribution in [3.8, 4) is 0 Å². The third-order valence-electron chi connectivity index (χ3n) is 6.65. The first-order valence-corrected chi connectivity index (χ1v) is 11.5. The minimum absolute atomic E-state index is 0.116. The Morgan fingerprint density at radius 2 is 1.77 bits per heavy atom. The standard InChI is InChI=1S/C21H36F3N5O/c1-2-25-20(27-18-8-4-7-17(15-18)21(22,23)24)26-9-10-28-11-13-29(14-12-28)19(30)16-5-3-6-16/h16-18H,2-15H2,1H3,(H2,25,26,27). The van der Waals surface area contributed by atoms with Gasteiger partial charge in [0.05, 0.1) is 12.5 Å². The number of carbonyl (C=O) groups excluding carboxylic acids is 1. The van der Waals surface area contributed by atoms with Crippen LogP contribution in [0.4, 0.5) is 13.2 Å². The molecule has 0 aromatic rings. The Labute approximate surface area is 177 Å². The van der Waals surface area contributed by atoms with Gasteiger partial charge in [0.1, 0.15) is 0 Å². The molecule has 1 heterocycles. The van der Waals surface area contributed by atoms with Crippen molar-refractivity contribution in [2.45, 2.75) is 64.1 Å². The van der Waals surface area contributed by atoms with Crippen LogP contribution >= 0.6 is 0 Å². The van der Waals surface area contributed by atoms with Gasteiger partial charge in [-0.3, -0.25) is 14.7 Å². The Bertz CT molecular complexity index is 586. The normalized spacial score (nSPS) is 26.9. The summed E-state index contributed by atoms with van der Waals surface area (Å²) < 4.78 is 39.2. The molecule has 3 aliphatic rings. The zero-order chi connectivity index (χ0) is 21.6. The summed E-state index contributed by atoms with van der Waals surface area (Å²) in [5.41, 5.74) is 0. The van der Waals surface area contributed by atoms with Gasteiger partial charge < -0.3 is 15.5 Å². The molecular weight excluding hydrogens is 395 g/mol. The van der Waals surface area contributed by atoms with Crippen molar-refractivity contribution in [1.29, 1.82) is 0 Å². The molecule has 0 spiro atoms. The van der Waals surface area contributed by atoms with E-state index < -0.39 is 12.1 Å². The fourth-order valence-electron chi connectivity index (χ4n) is 4.54. The maximum atomic E-state index is 13.1. The second-order valence-corrected chi connectivity index (χ2v) is 8.80. The van der Waals surface area contributed by atoms with Gasteiger partial charge in [-0.15, -0.1) is 0 Å². The van der Waals surface area contributed by atoms with E-state index >= 15 is 0 Å². The maximum absolute atomic E-state index is 13.1. The fourth-order valence-corrected chi connectivity index (χ4v) is 4.54. The lowest BCUT2D eigenvalue weighted by Crippen LogP contribution is -2.51. The van der Waals surface area contributed by atoms with E-state index in [9.17, 15) is 18.0 Å². The minimum atomic E-state index is -4.11. The van der Waals surface area contributed by atoms with E-state index in [4.69, 9.17) is 0 Å². The Balaban J connectivity index is 1.41. The second kappa shape index (κ2) is 10.7. The molecule has 2 aliphatic carbocycles. The van der Waals surface area contributed by atoms with Crippen LogP contribution in [0.25, 0.3) is 0 Å². The molecular formula is C21H36F3N5O. The second-order valence-electron chi connectivity index (χ2n) is 8.80. The molecule has 0 aromatic heterocycles. The molecule has 1 amide bonds. The van der Waals surface area contributed by atoms with E-state index in [0.29, 0.717) is 31.4 Å². The molecule has 30 heavy (non-hydrogen) atoms. The van der Waals surface area contributed by atoms with Gasteiger partial charge in [0, 0.05) is 51.2 Å². The highest BCUT2D eigenvalue weighted by Crippen LogP contribution is 2.37. The molecule has 6 nitrogen and oxygen atoms in total. The quantitative estimate of drug-likeness (QED) is 0.501. The summed E-state index contributed by atoms with van der Waals surface area (Å²) in [6.07, 6.45) is 0.818. The Morgan fingerprint density at radius 1 is 1.07 bits per heavy atom. The van der Waals surface area contributed by atoms with Gasteiger partial charge in [0.2, 0.25) is 5.91 Å². The third kappa shape index (κ3) is 6.49. The number of carbonyl (C=O) groups is 1. The minimum Gasteiger partial charge on any atom is -0.357 e. The van der Waals surface area contributed by atoms with Crippen molar-refractivity contribution in [3.63, 3.8) is 0 Å². The number of hydrogen-bond donors (Lipinski definition) is 2. The number of rotatable bonds is 6. The number of nitrogens with zero attached hydrogens (tertiary/aromatic N) is 3. The van der Waals surface area contributed by atoms with Crippen molar-refractivity contribution in [2.75, 3.05) is 45.8 Å². The molecule has 0 radical (unpaired) electrons. The molecule has 0 bridgehead atoms. The van der Waals surface area contributed by atoms with Crippen LogP contribution in [-0.4, -0.2) is 79.7 Å². The third-order valence-corrected chi connectivity index (χ3v) is 6.65. The molecule has 2 N–H and O–H groups in total. The van der Waals surface area contributed by atoms with E-state index in [2.05, 4.69) is 20.5 Å². The number of guanidine groups is 1. The number of nitrogens with one attached hydrogen (secondary N) is 2. The highest BCUT2D eigenvalue weighted by atomic mass is 19.4. The summed E-state index contributed by atoms with van der Waals surface area (Å²) in [7, 11) is 0. The number of aliphatic imine (C=N–C) groups is 1. The van der Waals surface area contributed by atoms with E-state index in [1.54, 1.807) is 0 Å². The number of piperazine rings is 1. The molecule has 9 heteroatoms. The molecule has 2 saturated carbocycles. The van der Waals surface area contributed by atoms with Crippen molar-refractivity contribution < 1.29 is 18.0 Å². The number of alkyl halides is 3. The number of amides is 1. The van der Waals surface area contributed by atoms with E-state index in [1.807, 2.05) is 11.8 Å². The topological polar surface area (TPSA) is 60.0 Å². The van der Waals surface area contributed by atoms with Crippen molar-refractivity contribution in [2.24, 2.45) is 16.8 Å². The average molecular weight is 432 g/mol. The number of hydrogen-bond acceptors (Lipinski definition) is 3. The number of halogens is 3. The molecule has 0 aromatic carbocycles. The Morgan fingerprint density at radius 3 is 2.37 bits per heavy atom. The molecule has 2 unspecified atom stereocenters. The van der Waals surface area contributed by atoms with Crippen LogP contribution in [0.1, 0.15) is 51.9 Å². The Kier molecular flexibility index (Phi) is 8.25. The smallest absolute Gasteiger partial charge is 0.357 e. The maximum Gasteiger partial charge on any atom is 0.391 e. The molecule has 1 saturated heterocycles. The van der Waals surface area contributed by atoms with Crippen LogP contribution < -0.4 is 10.6 Å². The predicted octanol–water partition coefficient (Wildman–Crippen LogP) is 2.61. The van der Waals surface area contributed by atoms with Gasteiger partial charge >= 0.3 is 6.18 Å². The monoisotopic (exact) mass is 431 g/mol. The molecule has 172 valence electrons. The van der Waals surface area contributed by atoms with Gasteiger partial charge in [0.25, 0.3) is 0 Å². The van der Waals surface area contributed by atoms with Crippen LogP contribution in [0.15, 0.2) is 4.99 Å². The van der Waals surface area contributed by atoms with Crippen molar-refractivity contribution in [3.05, 3.63) is 0 Å².